The molecule has 0 radical (unpaired) electrons. The van der Waals surface area contributed by atoms with Gasteiger partial charge in [0, 0.05) is 23.8 Å². The molecule has 1 aromatic heterocycles. The van der Waals surface area contributed by atoms with Crippen molar-refractivity contribution >= 4 is 46.4 Å². The molecule has 9 nitrogen and oxygen atoms in total. The summed E-state index contributed by atoms with van der Waals surface area (Å²) in [7, 11) is 0. The number of hydrogen-bond donors (Lipinski definition) is 2. The van der Waals surface area contributed by atoms with Gasteiger partial charge >= 0.3 is 0 Å². The average Bonchev–Trinajstić information content (AvgIpc) is 3.23. The summed E-state index contributed by atoms with van der Waals surface area (Å²) in [6.45, 7) is 9.46. The van der Waals surface area contributed by atoms with E-state index in [-0.39, 0.29) is 24.1 Å². The van der Waals surface area contributed by atoms with E-state index in [1.807, 2.05) is 18.2 Å². The van der Waals surface area contributed by atoms with Gasteiger partial charge in [0.25, 0.3) is 23.4 Å². The van der Waals surface area contributed by atoms with E-state index in [1.165, 1.54) is 12.3 Å². The highest BCUT2D eigenvalue weighted by Gasteiger charge is 2.36. The monoisotopic (exact) mass is 563 g/mol. The molecule has 0 atom stereocenters. The maximum absolute atomic E-state index is 12.8. The number of pyridine rings is 1. The molecule has 0 bridgehead atoms. The van der Waals surface area contributed by atoms with Gasteiger partial charge in [-0.15, -0.1) is 0 Å². The van der Waals surface area contributed by atoms with Crippen LogP contribution in [0.15, 0.2) is 97.0 Å². The van der Waals surface area contributed by atoms with Gasteiger partial charge in [0.15, 0.2) is 0 Å². The van der Waals surface area contributed by atoms with Crippen LogP contribution in [0.5, 0.6) is 5.75 Å². The largest absolute Gasteiger partial charge is 0.486 e. The number of nitrogens with one attached hydrogen (secondary N) is 2. The third-order valence-electron chi connectivity index (χ3n) is 6.25. The Labute approximate surface area is 240 Å². The average molecular weight is 564 g/mol. The minimum atomic E-state index is -0.634. The first kappa shape index (κ1) is 27.1. The van der Waals surface area contributed by atoms with Gasteiger partial charge in [-0.3, -0.25) is 19.4 Å². The van der Waals surface area contributed by atoms with Crippen LogP contribution in [0.3, 0.4) is 0 Å². The molecule has 0 spiro atoms. The lowest BCUT2D eigenvalue weighted by atomic mass is 10.1. The molecule has 1 aliphatic rings. The fraction of sp³-hybridized carbons (Fsp3) is 0.0645. The number of imide groups is 1. The first-order valence-electron chi connectivity index (χ1n) is 12.4. The molecule has 202 valence electrons. The van der Waals surface area contributed by atoms with Gasteiger partial charge in [-0.25, -0.2) is 9.74 Å². The highest BCUT2D eigenvalue weighted by atomic mass is 35.5. The molecule has 4 aromatic rings. The second-order valence-electron chi connectivity index (χ2n) is 8.99. The first-order valence-corrected chi connectivity index (χ1v) is 12.8. The Balaban J connectivity index is 1.23. The molecule has 2 N–H and O–H groups in total. The van der Waals surface area contributed by atoms with Crippen molar-refractivity contribution in [1.29, 1.82) is 0 Å². The van der Waals surface area contributed by atoms with Gasteiger partial charge in [-0.2, -0.15) is 0 Å². The fourth-order valence-corrected chi connectivity index (χ4v) is 4.47. The molecule has 0 saturated heterocycles. The third-order valence-corrected chi connectivity index (χ3v) is 6.55. The number of carbonyl (C=O) groups excluding carboxylic acids is 3. The molecule has 0 saturated carbocycles. The van der Waals surface area contributed by atoms with Crippen LogP contribution in [0.4, 0.5) is 17.1 Å². The lowest BCUT2D eigenvalue weighted by Crippen LogP contribution is -2.30. The van der Waals surface area contributed by atoms with Crippen LogP contribution in [-0.4, -0.2) is 22.7 Å². The summed E-state index contributed by atoms with van der Waals surface area (Å²) >= 11 is 6.32. The van der Waals surface area contributed by atoms with Crippen molar-refractivity contribution in [3.63, 3.8) is 0 Å². The Bertz CT molecular complexity index is 1710. The van der Waals surface area contributed by atoms with Crippen LogP contribution in [0.2, 0.25) is 5.02 Å². The quantitative estimate of drug-likeness (QED) is 0.149. The van der Waals surface area contributed by atoms with E-state index < -0.39 is 5.91 Å². The Hall–Kier alpha value is -5.46. The van der Waals surface area contributed by atoms with E-state index in [9.17, 15) is 14.4 Å². The highest BCUT2D eigenvalue weighted by molar-refractivity contribution is 6.34. The molecule has 1 aliphatic heterocycles. The van der Waals surface area contributed by atoms with Gasteiger partial charge in [-0.05, 0) is 73.2 Å². The Morgan fingerprint density at radius 2 is 1.71 bits per heavy atom. The smallest absolute Gasteiger partial charge is 0.266 e. The molecular formula is C31H22ClN5O4. The number of anilines is 3. The Morgan fingerprint density at radius 3 is 2.34 bits per heavy atom. The number of amides is 3. The van der Waals surface area contributed by atoms with Crippen molar-refractivity contribution in [2.75, 3.05) is 15.5 Å². The Kier molecular flexibility index (Phi) is 7.76. The minimum Gasteiger partial charge on any atom is -0.486 e. The first-order chi connectivity index (χ1) is 19.9. The van der Waals surface area contributed by atoms with E-state index in [2.05, 4.69) is 20.5 Å². The maximum atomic E-state index is 12.8. The van der Waals surface area contributed by atoms with E-state index in [4.69, 9.17) is 22.9 Å². The number of ether oxygens (including phenoxy) is 1. The van der Waals surface area contributed by atoms with Crippen LogP contribution in [0.25, 0.3) is 4.85 Å². The summed E-state index contributed by atoms with van der Waals surface area (Å²) in [5, 5.41) is 5.88. The molecule has 0 unspecified atom stereocenters. The second kappa shape index (κ2) is 11.7. The number of aryl methyl sites for hydroxylation is 1. The zero-order chi connectivity index (χ0) is 28.9. The Morgan fingerprint density at radius 1 is 1.00 bits per heavy atom. The number of hydrogen-bond acceptors (Lipinski definition) is 6. The summed E-state index contributed by atoms with van der Waals surface area (Å²) in [6.07, 6.45) is 2.95. The van der Waals surface area contributed by atoms with Gasteiger partial charge in [-0.1, -0.05) is 29.8 Å². The predicted octanol–water partition coefficient (Wildman–Crippen LogP) is 6.23. The third kappa shape index (κ3) is 5.78. The number of benzene rings is 3. The molecule has 0 aliphatic carbocycles. The van der Waals surface area contributed by atoms with Gasteiger partial charge in [0.1, 0.15) is 12.4 Å². The number of rotatable bonds is 8. The molecular weight excluding hydrogens is 542 g/mol. The topological polar surface area (TPSA) is 105 Å². The summed E-state index contributed by atoms with van der Waals surface area (Å²) < 4.78 is 5.70. The van der Waals surface area contributed by atoms with Crippen molar-refractivity contribution < 1.29 is 19.1 Å². The summed E-state index contributed by atoms with van der Waals surface area (Å²) in [5.74, 6) is -0.966. The minimum absolute atomic E-state index is 0.196. The van der Waals surface area contributed by atoms with E-state index in [0.29, 0.717) is 44.5 Å². The fourth-order valence-electron chi connectivity index (χ4n) is 4.23. The molecule has 0 fully saturated rings. The normalized spacial score (nSPS) is 12.5. The number of carbonyl (C=O) groups is 3. The van der Waals surface area contributed by atoms with Crippen molar-refractivity contribution in [3.05, 3.63) is 136 Å². The number of aromatic nitrogens is 1. The zero-order valence-corrected chi connectivity index (χ0v) is 22.5. The van der Waals surface area contributed by atoms with Crippen molar-refractivity contribution in [2.45, 2.75) is 13.5 Å². The molecule has 41 heavy (non-hydrogen) atoms. The van der Waals surface area contributed by atoms with Crippen LogP contribution < -0.4 is 20.3 Å². The molecule has 2 heterocycles. The van der Waals surface area contributed by atoms with Gasteiger partial charge < -0.3 is 15.4 Å². The summed E-state index contributed by atoms with van der Waals surface area (Å²) in [5.41, 5.74) is 3.35. The van der Waals surface area contributed by atoms with Crippen LogP contribution in [-0.2, 0) is 11.4 Å². The van der Waals surface area contributed by atoms with Gasteiger partial charge in [0.05, 0.1) is 34.1 Å². The maximum Gasteiger partial charge on any atom is 0.266 e. The lowest BCUT2D eigenvalue weighted by Gasteiger charge is -2.17. The van der Waals surface area contributed by atoms with E-state index >= 15 is 0 Å². The van der Waals surface area contributed by atoms with Crippen LogP contribution in [0.1, 0.15) is 32.0 Å². The van der Waals surface area contributed by atoms with Crippen molar-refractivity contribution in [3.8, 4) is 5.75 Å². The van der Waals surface area contributed by atoms with Crippen molar-refractivity contribution in [1.82, 2.24) is 4.98 Å². The van der Waals surface area contributed by atoms with Crippen LogP contribution in [0, 0.1) is 13.5 Å². The standard InChI is InChI=1S/C31H22ClN5O4/c1-19-15-20(10-12-27(19)37-30(39)23-8-3-4-9-24(23)31(37)40)35-17-26(33-2)29(38)36-21-11-13-28(25(32)16-21)41-18-22-7-5-6-14-34-22/h3-17,35H,18H2,1H3,(H,36,38)/b26-17-. The summed E-state index contributed by atoms with van der Waals surface area (Å²) in [6, 6.07) is 22.0. The second-order valence-corrected chi connectivity index (χ2v) is 9.39. The number of halogens is 1. The molecule has 10 heteroatoms. The van der Waals surface area contributed by atoms with Crippen molar-refractivity contribution in [2.24, 2.45) is 0 Å². The molecule has 3 aromatic carbocycles. The number of fused-ring (bicyclic) bond motifs is 1. The predicted molar refractivity (Wildman–Crippen MR) is 156 cm³/mol. The molecule has 5 rings (SSSR count). The van der Waals surface area contributed by atoms with E-state index in [1.54, 1.807) is 67.7 Å². The lowest BCUT2D eigenvalue weighted by molar-refractivity contribution is -0.112. The SMILES string of the molecule is [C-]#[N+]/C(=C\Nc1ccc(N2C(=O)c3ccccc3C2=O)c(C)c1)C(=O)Nc1ccc(OCc2ccccn2)c(Cl)c1. The van der Waals surface area contributed by atoms with Crippen LogP contribution >= 0.6 is 11.6 Å². The van der Waals surface area contributed by atoms with E-state index in [0.717, 1.165) is 10.6 Å². The van der Waals surface area contributed by atoms with Gasteiger partial charge in [0.2, 0.25) is 0 Å². The number of nitrogens with zero attached hydrogens (tertiary/aromatic N) is 3. The zero-order valence-electron chi connectivity index (χ0n) is 21.7. The molecule has 3 amide bonds. The summed E-state index contributed by atoms with van der Waals surface area (Å²) in [4.78, 5) is 47.1. The highest BCUT2D eigenvalue weighted by Crippen LogP contribution is 2.32.